The molecule has 0 nitrogen and oxygen atoms in total. The number of fused-ring (bicyclic) bond motifs is 3. The second-order valence-electron chi connectivity index (χ2n) is 9.21. The summed E-state index contributed by atoms with van der Waals surface area (Å²) < 4.78 is 3.39. The van der Waals surface area contributed by atoms with E-state index in [0.717, 1.165) is 23.9 Å². The molecule has 0 amide bonds. The molecule has 0 saturated heterocycles. The van der Waals surface area contributed by atoms with Crippen LogP contribution in [0.15, 0.2) is 72.8 Å². The summed E-state index contributed by atoms with van der Waals surface area (Å²) in [6.07, 6.45) is 0. The van der Waals surface area contributed by atoms with Crippen molar-refractivity contribution in [2.75, 3.05) is 0 Å². The van der Waals surface area contributed by atoms with Crippen LogP contribution in [0.3, 0.4) is 0 Å². The van der Waals surface area contributed by atoms with Gasteiger partial charge in [0.05, 0.1) is 0 Å². The fraction of sp³-hybridized carbons (Fsp3) is 0.296. The third kappa shape index (κ3) is 5.47. The van der Waals surface area contributed by atoms with Gasteiger partial charge in [-0.1, -0.05) is 76.9 Å². The van der Waals surface area contributed by atoms with E-state index in [2.05, 4.69) is 88.3 Å². The third-order valence-electron chi connectivity index (χ3n) is 4.99. The van der Waals surface area contributed by atoms with E-state index < -0.39 is 0 Å². The number of benzene rings is 2. The van der Waals surface area contributed by atoms with E-state index in [-0.39, 0.29) is 10.8 Å². The minimum absolute atomic E-state index is 0.203. The maximum Gasteiger partial charge on any atom is -0.172 e. The monoisotopic (exact) mass is 536 g/mol. The molecule has 0 fully saturated rings. The van der Waals surface area contributed by atoms with Crippen molar-refractivity contribution >= 4 is 25.8 Å². The molecular formula is C27H32Hf. The normalized spacial score (nSPS) is 11.6. The van der Waals surface area contributed by atoms with Crippen LogP contribution in [-0.2, 0) is 34.7 Å². The van der Waals surface area contributed by atoms with Crippen LogP contribution in [0.25, 0.3) is 21.5 Å². The molecule has 0 saturated carbocycles. The molecule has 0 aromatic heterocycles. The summed E-state index contributed by atoms with van der Waals surface area (Å²) in [7, 11) is 0. The van der Waals surface area contributed by atoms with Gasteiger partial charge in [0.2, 0.25) is 0 Å². The van der Waals surface area contributed by atoms with E-state index >= 15 is 0 Å². The number of hydrogen-bond acceptors (Lipinski definition) is 0. The van der Waals surface area contributed by atoms with Crippen LogP contribution in [0.4, 0.5) is 0 Å². The number of hydrogen-bond donors (Lipinski definition) is 0. The number of rotatable bonds is 0. The molecule has 1 heteroatoms. The summed E-state index contributed by atoms with van der Waals surface area (Å²) in [6, 6.07) is 26.2. The van der Waals surface area contributed by atoms with Crippen LogP contribution in [0.1, 0.15) is 52.7 Å². The van der Waals surface area contributed by atoms with Gasteiger partial charge in [0.25, 0.3) is 0 Å². The Balaban J connectivity index is 0.000000342. The van der Waals surface area contributed by atoms with Gasteiger partial charge in [-0.3, -0.25) is 0 Å². The Labute approximate surface area is 185 Å². The van der Waals surface area contributed by atoms with Crippen molar-refractivity contribution < 1.29 is 23.9 Å². The Hall–Kier alpha value is -1.60. The second kappa shape index (κ2) is 9.27. The van der Waals surface area contributed by atoms with Crippen LogP contribution in [0.5, 0.6) is 0 Å². The van der Waals surface area contributed by atoms with Crippen molar-refractivity contribution in [1.29, 1.82) is 0 Å². The van der Waals surface area contributed by atoms with E-state index in [1.165, 1.54) is 32.7 Å². The van der Waals surface area contributed by atoms with Gasteiger partial charge in [0, 0.05) is 0 Å². The van der Waals surface area contributed by atoms with Crippen LogP contribution in [0.2, 0.25) is 0 Å². The first-order chi connectivity index (χ1) is 13.2. The predicted octanol–water partition coefficient (Wildman–Crippen LogP) is 7.68. The van der Waals surface area contributed by atoms with Crippen molar-refractivity contribution in [3.8, 4) is 0 Å². The Morgan fingerprint density at radius 1 is 0.679 bits per heavy atom. The molecule has 28 heavy (non-hydrogen) atoms. The minimum atomic E-state index is 0.203. The van der Waals surface area contributed by atoms with Gasteiger partial charge >= 0.3 is 28.2 Å². The molecule has 4 rings (SSSR count). The average molecular weight is 535 g/mol. The molecule has 0 heterocycles. The molecule has 0 radical (unpaired) electrons. The zero-order chi connectivity index (χ0) is 20.9. The van der Waals surface area contributed by atoms with Crippen LogP contribution < -0.4 is 0 Å². The molecule has 0 bridgehead atoms. The quantitative estimate of drug-likeness (QED) is 0.160. The van der Waals surface area contributed by atoms with Crippen molar-refractivity contribution in [3.05, 3.63) is 83.9 Å². The Kier molecular flexibility index (Phi) is 7.51. The molecule has 0 atom stereocenters. The maximum absolute atomic E-state index is 3.39. The fourth-order valence-electron chi connectivity index (χ4n) is 3.28. The topological polar surface area (TPSA) is 0 Å². The van der Waals surface area contributed by atoms with E-state index in [1.54, 1.807) is 0 Å². The molecular weight excluding hydrogens is 503 g/mol. The van der Waals surface area contributed by atoms with Gasteiger partial charge in [-0.15, -0.1) is 39.7 Å². The molecule has 144 valence electrons. The second-order valence-corrected chi connectivity index (χ2v) is 9.21. The fourth-order valence-corrected chi connectivity index (χ4v) is 3.28. The van der Waals surface area contributed by atoms with Gasteiger partial charge < -0.3 is 0 Å². The van der Waals surface area contributed by atoms with Crippen molar-refractivity contribution in [3.63, 3.8) is 0 Å². The first kappa shape index (κ1) is 22.7. The maximum atomic E-state index is 3.39. The molecule has 4 aromatic rings. The van der Waals surface area contributed by atoms with Gasteiger partial charge in [0.1, 0.15) is 0 Å². The molecule has 4 aromatic carbocycles. The molecule has 0 aliphatic rings. The van der Waals surface area contributed by atoms with E-state index in [1.807, 2.05) is 30.3 Å². The predicted molar refractivity (Wildman–Crippen MR) is 124 cm³/mol. The van der Waals surface area contributed by atoms with Gasteiger partial charge in [0.15, 0.2) is 0 Å². The summed E-state index contributed by atoms with van der Waals surface area (Å²) in [4.78, 5) is 0. The first-order valence-corrected chi connectivity index (χ1v) is 12.4. The molecule has 0 N–H and O–H groups in total. The Bertz CT molecular complexity index is 917. The third-order valence-corrected chi connectivity index (χ3v) is 4.99. The molecule has 0 aliphatic carbocycles. The van der Waals surface area contributed by atoms with Crippen LogP contribution in [-0.4, -0.2) is 4.26 Å². The standard InChI is InChI=1S/C21H25.C5H5.CH2.Hf/c1-20(2,3)16-7-9-18-14(12-16)11-15-13-17(21(4,5)6)8-10-19(15)18;1-2-4-5-3-1;;/h7-13H,1-6H3;1-5H;1H2;/q2*-1;;+2. The van der Waals surface area contributed by atoms with E-state index in [0.29, 0.717) is 0 Å². The van der Waals surface area contributed by atoms with Crippen molar-refractivity contribution in [1.82, 2.24) is 0 Å². The summed E-state index contributed by atoms with van der Waals surface area (Å²) >= 11 is 1.06. The molecule has 0 spiro atoms. The summed E-state index contributed by atoms with van der Waals surface area (Å²) in [5.74, 6) is 0. The zero-order valence-electron chi connectivity index (χ0n) is 18.1. The van der Waals surface area contributed by atoms with Crippen molar-refractivity contribution in [2.45, 2.75) is 52.4 Å². The summed E-state index contributed by atoms with van der Waals surface area (Å²) in [5, 5.41) is 5.48. The SMILES string of the molecule is CC(C)(C)c1ccc2c(c1)[cH-]c1cc(C(C)(C)C)ccc12.[CH2]=[Hf+2].c1cc[cH-]c1. The summed E-state index contributed by atoms with van der Waals surface area (Å²) in [5.41, 5.74) is 3.21. The average Bonchev–Trinajstić information content (AvgIpc) is 3.32. The molecule has 0 unspecified atom stereocenters. The smallest absolute Gasteiger partial charge is 0.172 e. The minimum Gasteiger partial charge on any atom is -0.214 e. The zero-order valence-corrected chi connectivity index (χ0v) is 21.7. The van der Waals surface area contributed by atoms with Gasteiger partial charge in [-0.25, -0.2) is 12.1 Å². The first-order valence-electron chi connectivity index (χ1n) is 9.82. The van der Waals surface area contributed by atoms with Crippen LogP contribution >= 0.6 is 0 Å². The van der Waals surface area contributed by atoms with Crippen molar-refractivity contribution in [2.24, 2.45) is 0 Å². The van der Waals surface area contributed by atoms with Gasteiger partial charge in [-0.2, -0.15) is 18.2 Å². The van der Waals surface area contributed by atoms with Crippen LogP contribution in [0, 0.1) is 0 Å². The summed E-state index contributed by atoms with van der Waals surface area (Å²) in [6.45, 7) is 13.6. The van der Waals surface area contributed by atoms with E-state index in [9.17, 15) is 0 Å². The van der Waals surface area contributed by atoms with Gasteiger partial charge in [-0.05, 0) is 10.8 Å². The van der Waals surface area contributed by atoms with E-state index in [4.69, 9.17) is 0 Å². The largest absolute Gasteiger partial charge is 0.214 e. The Morgan fingerprint density at radius 3 is 1.36 bits per heavy atom. The Morgan fingerprint density at radius 2 is 1.07 bits per heavy atom. The molecule has 0 aliphatic heterocycles.